The first-order valence-electron chi connectivity index (χ1n) is 10.0. The quantitative estimate of drug-likeness (QED) is 0.458. The molecule has 1 aliphatic rings. The second-order valence-electron chi connectivity index (χ2n) is 7.24. The van der Waals surface area contributed by atoms with Gasteiger partial charge >= 0.3 is 6.03 Å². The molecule has 0 atom stereocenters. The highest BCUT2D eigenvalue weighted by Crippen LogP contribution is 2.22. The van der Waals surface area contributed by atoms with E-state index in [0.717, 1.165) is 10.5 Å². The lowest BCUT2D eigenvalue weighted by Gasteiger charge is -2.10. The predicted molar refractivity (Wildman–Crippen MR) is 122 cm³/mol. The second-order valence-corrected chi connectivity index (χ2v) is 7.24. The zero-order chi connectivity index (χ0) is 22.5. The maximum Gasteiger partial charge on any atom is 0.333 e. The van der Waals surface area contributed by atoms with Crippen LogP contribution in [0.15, 0.2) is 84.6 Å². The van der Waals surface area contributed by atoms with Gasteiger partial charge in [0.15, 0.2) is 6.61 Å². The van der Waals surface area contributed by atoms with Gasteiger partial charge in [0, 0.05) is 5.69 Å². The molecule has 0 bridgehead atoms. The SMILES string of the molecule is Cc1ccc(NC(=O)COc2ccc(C=C3NC(=O)N(c4ccccc4)C3=O)cc2)cc1. The number of carbonyl (C=O) groups excluding carboxylic acids is 3. The number of nitrogens with zero attached hydrogens (tertiary/aromatic N) is 1. The number of hydrogen-bond donors (Lipinski definition) is 2. The van der Waals surface area contributed by atoms with Crippen LogP contribution in [0.5, 0.6) is 5.75 Å². The van der Waals surface area contributed by atoms with Crippen LogP contribution in [0.1, 0.15) is 11.1 Å². The molecule has 3 aromatic carbocycles. The summed E-state index contributed by atoms with van der Waals surface area (Å²) in [6, 6.07) is 22.6. The van der Waals surface area contributed by atoms with E-state index in [-0.39, 0.29) is 18.2 Å². The van der Waals surface area contributed by atoms with Crippen molar-refractivity contribution in [3.05, 3.63) is 95.7 Å². The van der Waals surface area contributed by atoms with Gasteiger partial charge in [-0.3, -0.25) is 9.59 Å². The minimum atomic E-state index is -0.494. The third-order valence-electron chi connectivity index (χ3n) is 4.79. The van der Waals surface area contributed by atoms with E-state index in [9.17, 15) is 14.4 Å². The molecule has 7 heteroatoms. The van der Waals surface area contributed by atoms with E-state index >= 15 is 0 Å². The van der Waals surface area contributed by atoms with Crippen molar-refractivity contribution in [2.75, 3.05) is 16.8 Å². The number of amides is 4. The van der Waals surface area contributed by atoms with Gasteiger partial charge in [0.2, 0.25) is 0 Å². The Morgan fingerprint density at radius 1 is 0.969 bits per heavy atom. The maximum absolute atomic E-state index is 12.6. The average Bonchev–Trinajstić information content (AvgIpc) is 3.08. The average molecular weight is 427 g/mol. The van der Waals surface area contributed by atoms with Gasteiger partial charge in [-0.15, -0.1) is 0 Å². The standard InChI is InChI=1S/C25H21N3O4/c1-17-7-11-19(12-8-17)26-23(29)16-32-21-13-9-18(10-14-21)15-22-24(30)28(25(31)27-22)20-5-3-2-4-6-20/h2-15H,16H2,1H3,(H,26,29)(H,27,31). The first kappa shape index (κ1) is 20.9. The van der Waals surface area contributed by atoms with Gasteiger partial charge in [0.25, 0.3) is 11.8 Å². The molecule has 3 aromatic rings. The lowest BCUT2D eigenvalue weighted by molar-refractivity contribution is -0.118. The largest absolute Gasteiger partial charge is 0.484 e. The van der Waals surface area contributed by atoms with Gasteiger partial charge in [-0.05, 0) is 55.0 Å². The zero-order valence-electron chi connectivity index (χ0n) is 17.4. The van der Waals surface area contributed by atoms with Crippen molar-refractivity contribution in [2.24, 2.45) is 0 Å². The van der Waals surface area contributed by atoms with Crippen LogP contribution in [-0.2, 0) is 9.59 Å². The van der Waals surface area contributed by atoms with Crippen molar-refractivity contribution in [3.63, 3.8) is 0 Å². The smallest absolute Gasteiger partial charge is 0.333 e. The van der Waals surface area contributed by atoms with Crippen LogP contribution in [0, 0.1) is 6.92 Å². The summed E-state index contributed by atoms with van der Waals surface area (Å²) in [6.45, 7) is 1.85. The molecule has 0 radical (unpaired) electrons. The Balaban J connectivity index is 1.36. The van der Waals surface area contributed by atoms with Crippen LogP contribution in [0.4, 0.5) is 16.2 Å². The van der Waals surface area contributed by atoms with E-state index in [1.807, 2.05) is 37.3 Å². The molecule has 4 amide bonds. The molecule has 0 spiro atoms. The van der Waals surface area contributed by atoms with Crippen LogP contribution < -0.4 is 20.3 Å². The van der Waals surface area contributed by atoms with Crippen LogP contribution in [0.2, 0.25) is 0 Å². The van der Waals surface area contributed by atoms with Gasteiger partial charge in [-0.25, -0.2) is 9.69 Å². The number of para-hydroxylation sites is 1. The number of benzene rings is 3. The molecule has 0 unspecified atom stereocenters. The van der Waals surface area contributed by atoms with E-state index in [4.69, 9.17) is 4.74 Å². The molecule has 2 N–H and O–H groups in total. The van der Waals surface area contributed by atoms with Gasteiger partial charge in [0.05, 0.1) is 5.69 Å². The fourth-order valence-corrected chi connectivity index (χ4v) is 3.16. The summed E-state index contributed by atoms with van der Waals surface area (Å²) in [5, 5.41) is 5.37. The van der Waals surface area contributed by atoms with Gasteiger partial charge in [0.1, 0.15) is 11.4 Å². The van der Waals surface area contributed by atoms with E-state index in [2.05, 4.69) is 10.6 Å². The monoisotopic (exact) mass is 427 g/mol. The fraction of sp³-hybridized carbons (Fsp3) is 0.0800. The Hall–Kier alpha value is -4.39. The summed E-state index contributed by atoms with van der Waals surface area (Å²) in [5.41, 5.74) is 3.22. The summed E-state index contributed by atoms with van der Waals surface area (Å²) in [4.78, 5) is 38.0. The number of urea groups is 1. The molecule has 0 saturated carbocycles. The minimum Gasteiger partial charge on any atom is -0.484 e. The van der Waals surface area contributed by atoms with Gasteiger partial charge < -0.3 is 15.4 Å². The number of ether oxygens (including phenoxy) is 1. The Kier molecular flexibility index (Phi) is 5.98. The lowest BCUT2D eigenvalue weighted by atomic mass is 10.2. The zero-order valence-corrected chi connectivity index (χ0v) is 17.4. The second kappa shape index (κ2) is 9.18. The fourth-order valence-electron chi connectivity index (χ4n) is 3.16. The first-order chi connectivity index (χ1) is 15.5. The predicted octanol–water partition coefficient (Wildman–Crippen LogP) is 4.11. The molecular weight excluding hydrogens is 406 g/mol. The summed E-state index contributed by atoms with van der Waals surface area (Å²) < 4.78 is 5.52. The molecule has 0 aromatic heterocycles. The van der Waals surface area contributed by atoms with Crippen molar-refractivity contribution in [2.45, 2.75) is 6.92 Å². The normalized spacial score (nSPS) is 14.4. The van der Waals surface area contributed by atoms with Crippen molar-refractivity contribution in [1.29, 1.82) is 0 Å². The van der Waals surface area contributed by atoms with Crippen molar-refractivity contribution >= 4 is 35.3 Å². The molecular formula is C25H21N3O4. The molecule has 7 nitrogen and oxygen atoms in total. The van der Waals surface area contributed by atoms with E-state index < -0.39 is 11.9 Å². The number of hydrogen-bond acceptors (Lipinski definition) is 4. The first-order valence-corrected chi connectivity index (χ1v) is 10.0. The van der Waals surface area contributed by atoms with Gasteiger partial charge in [-0.2, -0.15) is 0 Å². The molecule has 1 aliphatic heterocycles. The Morgan fingerprint density at radius 3 is 2.34 bits per heavy atom. The number of nitrogens with one attached hydrogen (secondary N) is 2. The number of rotatable bonds is 6. The van der Waals surface area contributed by atoms with Crippen LogP contribution in [-0.4, -0.2) is 24.5 Å². The molecule has 0 aliphatic carbocycles. The number of anilines is 2. The van der Waals surface area contributed by atoms with E-state index in [1.165, 1.54) is 0 Å². The summed E-state index contributed by atoms with van der Waals surface area (Å²) in [7, 11) is 0. The van der Waals surface area contributed by atoms with E-state index in [0.29, 0.717) is 22.7 Å². The van der Waals surface area contributed by atoms with Crippen LogP contribution >= 0.6 is 0 Å². The summed E-state index contributed by atoms with van der Waals surface area (Å²) in [6.07, 6.45) is 1.59. The highest BCUT2D eigenvalue weighted by atomic mass is 16.5. The number of aryl methyl sites for hydroxylation is 1. The molecule has 4 rings (SSSR count). The Labute approximate surface area is 185 Å². The van der Waals surface area contributed by atoms with Crippen molar-refractivity contribution in [3.8, 4) is 5.75 Å². The molecule has 160 valence electrons. The third-order valence-corrected chi connectivity index (χ3v) is 4.79. The number of imide groups is 1. The maximum atomic E-state index is 12.6. The highest BCUT2D eigenvalue weighted by Gasteiger charge is 2.34. The van der Waals surface area contributed by atoms with Crippen molar-refractivity contribution in [1.82, 2.24) is 5.32 Å². The Morgan fingerprint density at radius 2 is 1.66 bits per heavy atom. The van der Waals surface area contributed by atoms with Crippen molar-refractivity contribution < 1.29 is 19.1 Å². The Bertz CT molecular complexity index is 1170. The van der Waals surface area contributed by atoms with Crippen LogP contribution in [0.3, 0.4) is 0 Å². The van der Waals surface area contributed by atoms with Gasteiger partial charge in [-0.1, -0.05) is 48.0 Å². The minimum absolute atomic E-state index is 0.130. The molecule has 1 heterocycles. The number of carbonyl (C=O) groups is 3. The lowest BCUT2D eigenvalue weighted by Crippen LogP contribution is -2.30. The topological polar surface area (TPSA) is 87.7 Å². The summed E-state index contributed by atoms with van der Waals surface area (Å²) in [5.74, 6) is -0.173. The van der Waals surface area contributed by atoms with E-state index in [1.54, 1.807) is 54.6 Å². The molecule has 1 fully saturated rings. The third kappa shape index (κ3) is 4.84. The van der Waals surface area contributed by atoms with Crippen LogP contribution in [0.25, 0.3) is 6.08 Å². The summed E-state index contributed by atoms with van der Waals surface area (Å²) >= 11 is 0. The molecule has 1 saturated heterocycles. The molecule has 32 heavy (non-hydrogen) atoms. The highest BCUT2D eigenvalue weighted by molar-refractivity contribution is 6.28.